The van der Waals surface area contributed by atoms with Crippen molar-refractivity contribution in [1.29, 1.82) is 0 Å². The lowest BCUT2D eigenvalue weighted by molar-refractivity contribution is -0.138. The fourth-order valence-corrected chi connectivity index (χ4v) is 3.77. The number of aryl methyl sites for hydroxylation is 1. The number of fused-ring (bicyclic) bond motifs is 1. The van der Waals surface area contributed by atoms with Gasteiger partial charge in [-0.1, -0.05) is 13.8 Å². The quantitative estimate of drug-likeness (QED) is 0.250. The second-order valence-electron chi connectivity index (χ2n) is 9.01. The molecule has 0 spiro atoms. The Morgan fingerprint density at radius 1 is 0.895 bits per heavy atom. The highest BCUT2D eigenvalue weighted by Gasteiger charge is 2.35. The Kier molecular flexibility index (Phi) is 7.54. The van der Waals surface area contributed by atoms with E-state index in [1.165, 1.54) is 43.5 Å². The van der Waals surface area contributed by atoms with Gasteiger partial charge in [-0.2, -0.15) is 26.3 Å². The summed E-state index contributed by atoms with van der Waals surface area (Å²) < 4.78 is 85.9. The normalized spacial score (nSPS) is 12.4. The Balaban J connectivity index is 1.79. The van der Waals surface area contributed by atoms with Crippen LogP contribution in [-0.2, 0) is 23.7 Å². The molecule has 4 rings (SSSR count). The molecule has 38 heavy (non-hydrogen) atoms. The van der Waals surface area contributed by atoms with E-state index in [9.17, 15) is 26.3 Å². The number of rotatable bonds is 7. The third kappa shape index (κ3) is 6.18. The first-order valence-corrected chi connectivity index (χ1v) is 11.6. The largest absolute Gasteiger partial charge is 0.418 e. The van der Waals surface area contributed by atoms with Crippen LogP contribution >= 0.6 is 0 Å². The fraction of sp³-hybridized carbons (Fsp3) is 0.308. The van der Waals surface area contributed by atoms with Crippen LogP contribution in [0.4, 0.5) is 37.8 Å². The molecule has 0 unspecified atom stereocenters. The first-order valence-electron chi connectivity index (χ1n) is 11.6. The van der Waals surface area contributed by atoms with Crippen LogP contribution in [0.15, 0.2) is 48.7 Å². The van der Waals surface area contributed by atoms with E-state index < -0.39 is 23.5 Å². The van der Waals surface area contributed by atoms with Gasteiger partial charge >= 0.3 is 12.4 Å². The Morgan fingerprint density at radius 3 is 2.29 bits per heavy atom. The highest BCUT2D eigenvalue weighted by Crippen LogP contribution is 2.36. The lowest BCUT2D eigenvalue weighted by Gasteiger charge is -2.15. The van der Waals surface area contributed by atoms with Crippen LogP contribution in [0.1, 0.15) is 36.4 Å². The number of nitrogens with zero attached hydrogens (tertiary/aromatic N) is 4. The molecule has 3 aromatic heterocycles. The van der Waals surface area contributed by atoms with Crippen molar-refractivity contribution in [2.75, 3.05) is 11.9 Å². The number of anilines is 2. The van der Waals surface area contributed by atoms with Crippen LogP contribution in [0, 0.1) is 12.8 Å². The number of aromatic nitrogens is 4. The zero-order chi connectivity index (χ0) is 27.7. The van der Waals surface area contributed by atoms with Gasteiger partial charge in [0, 0.05) is 18.5 Å². The molecule has 1 N–H and O–H groups in total. The molecular formula is C26H23F6N5O. The molecule has 1 aromatic carbocycles. The SMILES string of the molecule is Cc1cc(Nc2nc(COCC(C)C)nc3nc(-c4ncccc4C(F)(F)F)ccc23)ccc1C(F)(F)F. The van der Waals surface area contributed by atoms with Gasteiger partial charge in [0.1, 0.15) is 18.1 Å². The van der Waals surface area contributed by atoms with E-state index in [-0.39, 0.29) is 46.8 Å². The first kappa shape index (κ1) is 27.2. The highest BCUT2D eigenvalue weighted by atomic mass is 19.4. The van der Waals surface area contributed by atoms with E-state index in [0.717, 1.165) is 12.1 Å². The van der Waals surface area contributed by atoms with E-state index in [2.05, 4.69) is 25.3 Å². The summed E-state index contributed by atoms with van der Waals surface area (Å²) in [6.07, 6.45) is -7.90. The van der Waals surface area contributed by atoms with Crippen molar-refractivity contribution in [3.05, 3.63) is 71.2 Å². The van der Waals surface area contributed by atoms with E-state index >= 15 is 0 Å². The number of hydrogen-bond donors (Lipinski definition) is 1. The summed E-state index contributed by atoms with van der Waals surface area (Å²) in [6, 6.07) is 8.52. The van der Waals surface area contributed by atoms with Gasteiger partial charge in [0.05, 0.1) is 22.2 Å². The van der Waals surface area contributed by atoms with Crippen LogP contribution < -0.4 is 5.32 Å². The molecule has 0 aliphatic rings. The van der Waals surface area contributed by atoms with Crippen LogP contribution in [0.5, 0.6) is 0 Å². The molecule has 200 valence electrons. The van der Waals surface area contributed by atoms with Gasteiger partial charge in [-0.05, 0) is 60.9 Å². The third-order valence-corrected chi connectivity index (χ3v) is 5.44. The molecule has 0 bridgehead atoms. The van der Waals surface area contributed by atoms with Gasteiger partial charge in [0.25, 0.3) is 0 Å². The Bertz CT molecular complexity index is 1450. The second kappa shape index (κ2) is 10.5. The molecule has 0 aliphatic heterocycles. The maximum absolute atomic E-state index is 13.6. The van der Waals surface area contributed by atoms with Crippen LogP contribution in [-0.4, -0.2) is 26.5 Å². The third-order valence-electron chi connectivity index (χ3n) is 5.44. The van der Waals surface area contributed by atoms with Crippen molar-refractivity contribution in [3.8, 4) is 11.4 Å². The minimum absolute atomic E-state index is 0.00185. The zero-order valence-electron chi connectivity index (χ0n) is 20.6. The van der Waals surface area contributed by atoms with Gasteiger partial charge in [-0.25, -0.2) is 15.0 Å². The molecule has 0 atom stereocenters. The summed E-state index contributed by atoms with van der Waals surface area (Å²) in [5, 5.41) is 3.34. The van der Waals surface area contributed by atoms with Crippen LogP contribution in [0.3, 0.4) is 0 Å². The maximum Gasteiger partial charge on any atom is 0.418 e. The van der Waals surface area contributed by atoms with Gasteiger partial charge in [-0.3, -0.25) is 4.98 Å². The second-order valence-corrected chi connectivity index (χ2v) is 9.01. The average Bonchev–Trinajstić information content (AvgIpc) is 2.82. The molecule has 6 nitrogen and oxygen atoms in total. The van der Waals surface area contributed by atoms with E-state index in [4.69, 9.17) is 4.74 Å². The number of hydrogen-bond acceptors (Lipinski definition) is 6. The average molecular weight is 535 g/mol. The van der Waals surface area contributed by atoms with Gasteiger partial charge in [-0.15, -0.1) is 0 Å². The summed E-state index contributed by atoms with van der Waals surface area (Å²) in [4.78, 5) is 17.0. The molecular weight excluding hydrogens is 512 g/mol. The number of halogens is 6. The minimum atomic E-state index is -4.64. The minimum Gasteiger partial charge on any atom is -0.373 e. The Morgan fingerprint density at radius 2 is 1.63 bits per heavy atom. The molecule has 0 fully saturated rings. The van der Waals surface area contributed by atoms with Gasteiger partial charge < -0.3 is 10.1 Å². The summed E-state index contributed by atoms with van der Waals surface area (Å²) in [6.45, 7) is 5.67. The smallest absolute Gasteiger partial charge is 0.373 e. The molecule has 4 aromatic rings. The molecule has 0 saturated carbocycles. The Labute approximate surface area is 214 Å². The summed E-state index contributed by atoms with van der Waals surface area (Å²) >= 11 is 0. The number of pyridine rings is 2. The van der Waals surface area contributed by atoms with E-state index in [1.807, 2.05) is 13.8 Å². The van der Waals surface area contributed by atoms with Gasteiger partial charge in [0.15, 0.2) is 11.5 Å². The highest BCUT2D eigenvalue weighted by molar-refractivity contribution is 5.90. The monoisotopic (exact) mass is 535 g/mol. The van der Waals surface area contributed by atoms with E-state index in [1.54, 1.807) is 0 Å². The van der Waals surface area contributed by atoms with Crippen molar-refractivity contribution in [2.45, 2.75) is 39.7 Å². The maximum atomic E-state index is 13.6. The van der Waals surface area contributed by atoms with Crippen LogP contribution in [0.25, 0.3) is 22.4 Å². The van der Waals surface area contributed by atoms with Crippen molar-refractivity contribution < 1.29 is 31.1 Å². The molecule has 0 aliphatic carbocycles. The summed E-state index contributed by atoms with van der Waals surface area (Å²) in [7, 11) is 0. The van der Waals surface area contributed by atoms with Gasteiger partial charge in [0.2, 0.25) is 0 Å². The van der Waals surface area contributed by atoms with E-state index in [0.29, 0.717) is 17.7 Å². The number of alkyl halides is 6. The number of ether oxygens (including phenoxy) is 1. The summed E-state index contributed by atoms with van der Waals surface area (Å²) in [5.74, 6) is 0.650. The molecule has 3 heterocycles. The predicted molar refractivity (Wildman–Crippen MR) is 130 cm³/mol. The number of nitrogens with one attached hydrogen (secondary N) is 1. The van der Waals surface area contributed by atoms with Crippen molar-refractivity contribution in [3.63, 3.8) is 0 Å². The number of benzene rings is 1. The van der Waals surface area contributed by atoms with Crippen LogP contribution in [0.2, 0.25) is 0 Å². The first-order chi connectivity index (χ1) is 17.8. The lowest BCUT2D eigenvalue weighted by Crippen LogP contribution is -2.10. The van der Waals surface area contributed by atoms with Crippen molar-refractivity contribution in [1.82, 2.24) is 19.9 Å². The standard InChI is InChI=1S/C26H23F6N5O/c1-14(2)12-38-13-21-36-23(34-16-6-8-18(15(3)11-16)25(27,28)29)17-7-9-20(35-24(17)37-21)22-19(26(30,31)32)5-4-10-33-22/h4-11,14H,12-13H2,1-3H3,(H,34,35,36,37). The molecule has 0 radical (unpaired) electrons. The topological polar surface area (TPSA) is 72.8 Å². The Hall–Kier alpha value is -3.80. The lowest BCUT2D eigenvalue weighted by atomic mass is 10.1. The predicted octanol–water partition coefficient (Wildman–Crippen LogP) is 7.35. The van der Waals surface area contributed by atoms with Crippen molar-refractivity contribution >= 4 is 22.5 Å². The molecule has 0 amide bonds. The summed E-state index contributed by atoms with van der Waals surface area (Å²) in [5.41, 5.74) is -1.69. The fourth-order valence-electron chi connectivity index (χ4n) is 3.77. The van der Waals surface area contributed by atoms with Crippen molar-refractivity contribution in [2.24, 2.45) is 5.92 Å². The zero-order valence-corrected chi connectivity index (χ0v) is 20.6. The molecule has 0 saturated heterocycles. The molecule has 12 heteroatoms.